The molecule has 6 nitrogen and oxygen atoms in total. The molecular formula is C15H16N2O4. The Morgan fingerprint density at radius 1 is 1.43 bits per heavy atom. The van der Waals surface area contributed by atoms with Crippen LogP contribution in [0.25, 0.3) is 11.5 Å². The maximum absolute atomic E-state index is 11.0. The molecule has 1 aromatic heterocycles. The first kappa shape index (κ1) is 13.8. The summed E-state index contributed by atoms with van der Waals surface area (Å²) in [5.74, 6) is -0.129. The summed E-state index contributed by atoms with van der Waals surface area (Å²) in [5, 5.41) is 17.0. The molecule has 0 aliphatic heterocycles. The summed E-state index contributed by atoms with van der Waals surface area (Å²) in [6.07, 6.45) is 3.73. The molecule has 1 saturated carbocycles. The molecule has 1 aromatic carbocycles. The van der Waals surface area contributed by atoms with E-state index in [1.165, 1.54) is 12.1 Å². The largest absolute Gasteiger partial charge is 0.478 e. The Morgan fingerprint density at radius 2 is 2.24 bits per heavy atom. The number of rotatable bonds is 5. The van der Waals surface area contributed by atoms with Crippen molar-refractivity contribution in [2.75, 3.05) is 7.11 Å². The normalized spacial score (nSPS) is 16.4. The van der Waals surface area contributed by atoms with Gasteiger partial charge in [0.05, 0.1) is 17.6 Å². The number of carboxylic acid groups (broad SMARTS) is 1. The van der Waals surface area contributed by atoms with E-state index in [0.717, 1.165) is 19.3 Å². The number of carbonyl (C=O) groups is 1. The number of nitrogens with zero attached hydrogens (tertiary/aromatic N) is 2. The molecule has 110 valence electrons. The molecule has 3 rings (SSSR count). The Balaban J connectivity index is 1.81. The predicted octanol–water partition coefficient (Wildman–Crippen LogP) is 2.55. The molecule has 1 aliphatic rings. The van der Waals surface area contributed by atoms with Gasteiger partial charge in [0.15, 0.2) is 0 Å². The van der Waals surface area contributed by atoms with Crippen LogP contribution >= 0.6 is 0 Å². The Morgan fingerprint density at radius 3 is 2.86 bits per heavy atom. The van der Waals surface area contributed by atoms with E-state index < -0.39 is 5.97 Å². The number of aromatic carboxylic acids is 1. The van der Waals surface area contributed by atoms with Crippen molar-refractivity contribution < 1.29 is 19.1 Å². The fraction of sp³-hybridized carbons (Fsp3) is 0.400. The van der Waals surface area contributed by atoms with E-state index in [4.69, 9.17) is 14.3 Å². The minimum atomic E-state index is -0.982. The van der Waals surface area contributed by atoms with Crippen LogP contribution in [0.2, 0.25) is 0 Å². The standard InChI is InChI=1S/C15H16N2O4/c1-20-15(6-3-7-15)9-12-16-17-13(21-12)10-4-2-5-11(8-10)14(18)19/h2,4-5,8H,3,6-7,9H2,1H3,(H,18,19). The van der Waals surface area contributed by atoms with Crippen LogP contribution in [-0.4, -0.2) is 34.0 Å². The van der Waals surface area contributed by atoms with Gasteiger partial charge in [-0.25, -0.2) is 4.79 Å². The Kier molecular flexibility index (Phi) is 3.47. The molecule has 1 aliphatic carbocycles. The van der Waals surface area contributed by atoms with E-state index in [-0.39, 0.29) is 11.2 Å². The summed E-state index contributed by atoms with van der Waals surface area (Å²) in [7, 11) is 1.70. The van der Waals surface area contributed by atoms with Crippen molar-refractivity contribution in [2.24, 2.45) is 0 Å². The van der Waals surface area contributed by atoms with Gasteiger partial charge >= 0.3 is 5.97 Å². The monoisotopic (exact) mass is 288 g/mol. The topological polar surface area (TPSA) is 85.5 Å². The molecule has 0 unspecified atom stereocenters. The summed E-state index contributed by atoms with van der Waals surface area (Å²) in [6.45, 7) is 0. The smallest absolute Gasteiger partial charge is 0.335 e. The molecular weight excluding hydrogens is 272 g/mol. The first-order chi connectivity index (χ1) is 10.1. The maximum Gasteiger partial charge on any atom is 0.335 e. The van der Waals surface area contributed by atoms with Crippen molar-refractivity contribution in [2.45, 2.75) is 31.3 Å². The zero-order valence-corrected chi connectivity index (χ0v) is 11.7. The molecule has 0 radical (unpaired) electrons. The lowest BCUT2D eigenvalue weighted by Gasteiger charge is -2.39. The third-order valence-corrected chi connectivity index (χ3v) is 3.99. The summed E-state index contributed by atoms with van der Waals surface area (Å²) < 4.78 is 11.2. The molecule has 0 amide bonds. The van der Waals surface area contributed by atoms with Crippen LogP contribution in [0.1, 0.15) is 35.5 Å². The van der Waals surface area contributed by atoms with Crippen molar-refractivity contribution in [1.29, 1.82) is 0 Å². The van der Waals surface area contributed by atoms with E-state index in [1.54, 1.807) is 19.2 Å². The minimum Gasteiger partial charge on any atom is -0.478 e. The zero-order valence-electron chi connectivity index (χ0n) is 11.7. The van der Waals surface area contributed by atoms with E-state index in [9.17, 15) is 4.79 Å². The zero-order chi connectivity index (χ0) is 14.9. The lowest BCUT2D eigenvalue weighted by molar-refractivity contribution is -0.0745. The van der Waals surface area contributed by atoms with Gasteiger partial charge in [-0.15, -0.1) is 10.2 Å². The number of methoxy groups -OCH3 is 1. The van der Waals surface area contributed by atoms with Gasteiger partial charge in [-0.3, -0.25) is 0 Å². The fourth-order valence-corrected chi connectivity index (χ4v) is 2.53. The first-order valence-electron chi connectivity index (χ1n) is 6.83. The van der Waals surface area contributed by atoms with Crippen molar-refractivity contribution in [3.05, 3.63) is 35.7 Å². The van der Waals surface area contributed by atoms with Crippen molar-refractivity contribution in [1.82, 2.24) is 10.2 Å². The van der Waals surface area contributed by atoms with E-state index in [0.29, 0.717) is 23.8 Å². The van der Waals surface area contributed by atoms with Crippen LogP contribution in [0.15, 0.2) is 28.7 Å². The van der Waals surface area contributed by atoms with Gasteiger partial charge in [0.2, 0.25) is 11.8 Å². The van der Waals surface area contributed by atoms with Crippen LogP contribution in [0.5, 0.6) is 0 Å². The van der Waals surface area contributed by atoms with Crippen molar-refractivity contribution >= 4 is 5.97 Å². The van der Waals surface area contributed by atoms with Crippen molar-refractivity contribution in [3.8, 4) is 11.5 Å². The van der Waals surface area contributed by atoms with E-state index in [2.05, 4.69) is 10.2 Å². The number of benzene rings is 1. The average molecular weight is 288 g/mol. The first-order valence-corrected chi connectivity index (χ1v) is 6.83. The highest BCUT2D eigenvalue weighted by Gasteiger charge is 2.38. The van der Waals surface area contributed by atoms with Crippen LogP contribution < -0.4 is 0 Å². The molecule has 21 heavy (non-hydrogen) atoms. The minimum absolute atomic E-state index is 0.174. The third-order valence-electron chi connectivity index (χ3n) is 3.99. The highest BCUT2D eigenvalue weighted by Crippen LogP contribution is 2.38. The van der Waals surface area contributed by atoms with Gasteiger partial charge in [0.1, 0.15) is 0 Å². The molecule has 1 fully saturated rings. The number of aromatic nitrogens is 2. The van der Waals surface area contributed by atoms with Gasteiger partial charge in [-0.2, -0.15) is 0 Å². The highest BCUT2D eigenvalue weighted by atomic mass is 16.5. The molecule has 1 heterocycles. The maximum atomic E-state index is 11.0. The van der Waals surface area contributed by atoms with Gasteiger partial charge in [-0.1, -0.05) is 6.07 Å². The lowest BCUT2D eigenvalue weighted by atomic mass is 9.77. The van der Waals surface area contributed by atoms with Crippen LogP contribution in [-0.2, 0) is 11.2 Å². The average Bonchev–Trinajstić information content (AvgIpc) is 2.91. The highest BCUT2D eigenvalue weighted by molar-refractivity contribution is 5.88. The Bertz CT molecular complexity index is 656. The summed E-state index contributed by atoms with van der Waals surface area (Å²) in [6, 6.07) is 6.46. The van der Waals surface area contributed by atoms with Crippen molar-refractivity contribution in [3.63, 3.8) is 0 Å². The fourth-order valence-electron chi connectivity index (χ4n) is 2.53. The Labute approximate surface area is 121 Å². The predicted molar refractivity (Wildman–Crippen MR) is 74.0 cm³/mol. The molecule has 0 spiro atoms. The Hall–Kier alpha value is -2.21. The van der Waals surface area contributed by atoms with E-state index >= 15 is 0 Å². The third kappa shape index (κ3) is 2.67. The summed E-state index contributed by atoms with van der Waals surface area (Å²) >= 11 is 0. The second-order valence-electron chi connectivity index (χ2n) is 5.30. The SMILES string of the molecule is COC1(Cc2nnc(-c3cccc(C(=O)O)c3)o2)CCC1. The molecule has 6 heteroatoms. The number of carboxylic acids is 1. The second kappa shape index (κ2) is 5.29. The molecule has 2 aromatic rings. The molecule has 0 bridgehead atoms. The number of hydrogen-bond acceptors (Lipinski definition) is 5. The number of hydrogen-bond donors (Lipinski definition) is 1. The quantitative estimate of drug-likeness (QED) is 0.910. The number of ether oxygens (including phenoxy) is 1. The summed E-state index contributed by atoms with van der Waals surface area (Å²) in [4.78, 5) is 11.0. The lowest BCUT2D eigenvalue weighted by Crippen LogP contribution is -2.41. The van der Waals surface area contributed by atoms with Gasteiger partial charge < -0.3 is 14.3 Å². The van der Waals surface area contributed by atoms with Gasteiger partial charge in [-0.05, 0) is 37.5 Å². The van der Waals surface area contributed by atoms with Crippen LogP contribution in [0, 0.1) is 0 Å². The molecule has 1 N–H and O–H groups in total. The molecule has 0 atom stereocenters. The van der Waals surface area contributed by atoms with E-state index in [1.807, 2.05) is 0 Å². The van der Waals surface area contributed by atoms with Gasteiger partial charge in [0.25, 0.3) is 0 Å². The van der Waals surface area contributed by atoms with Crippen LogP contribution in [0.3, 0.4) is 0 Å². The summed E-state index contributed by atoms with van der Waals surface area (Å²) in [5.41, 5.74) is 0.625. The van der Waals surface area contributed by atoms with Crippen LogP contribution in [0.4, 0.5) is 0 Å². The molecule has 0 saturated heterocycles. The van der Waals surface area contributed by atoms with Gasteiger partial charge in [0, 0.05) is 12.7 Å². The second-order valence-corrected chi connectivity index (χ2v) is 5.30.